The molecule has 1 amide bonds. The summed E-state index contributed by atoms with van der Waals surface area (Å²) in [5, 5.41) is 4.36. The summed E-state index contributed by atoms with van der Waals surface area (Å²) in [4.78, 5) is 23.8. The molecule has 37 heavy (non-hydrogen) atoms. The van der Waals surface area contributed by atoms with Gasteiger partial charge in [0, 0.05) is 44.1 Å². The van der Waals surface area contributed by atoms with Crippen molar-refractivity contribution in [3.05, 3.63) is 72.1 Å². The third-order valence-corrected chi connectivity index (χ3v) is 7.05. The minimum absolute atomic E-state index is 0.0248. The second kappa shape index (κ2) is 8.52. The van der Waals surface area contributed by atoms with Crippen molar-refractivity contribution in [2.24, 2.45) is 24.6 Å². The van der Waals surface area contributed by atoms with E-state index < -0.39 is 5.54 Å². The molecule has 1 saturated heterocycles. The summed E-state index contributed by atoms with van der Waals surface area (Å²) >= 11 is 0. The fraction of sp³-hybridized carbons (Fsp3) is 0.333. The van der Waals surface area contributed by atoms with Crippen molar-refractivity contribution in [1.29, 1.82) is 0 Å². The highest BCUT2D eigenvalue weighted by atomic mass is 19.1. The quantitative estimate of drug-likeness (QED) is 0.429. The van der Waals surface area contributed by atoms with Crippen LogP contribution in [0, 0.1) is 17.7 Å². The Balaban J connectivity index is 1.16. The van der Waals surface area contributed by atoms with E-state index in [9.17, 15) is 9.18 Å². The molecule has 10 heteroatoms. The lowest BCUT2D eigenvalue weighted by Crippen LogP contribution is -2.34. The average Bonchev–Trinajstić information content (AvgIpc) is 3.36. The van der Waals surface area contributed by atoms with Gasteiger partial charge in [0.1, 0.15) is 29.6 Å². The number of likely N-dealkylation sites (tertiary alicyclic amines) is 1. The molecule has 2 fully saturated rings. The molecule has 2 aliphatic rings. The normalized spacial score (nSPS) is 20.7. The smallest absolute Gasteiger partial charge is 0.272 e. The summed E-state index contributed by atoms with van der Waals surface area (Å²) in [5.74, 6) is 0.946. The van der Waals surface area contributed by atoms with Gasteiger partial charge in [0.15, 0.2) is 0 Å². The molecule has 9 nitrogen and oxygen atoms in total. The van der Waals surface area contributed by atoms with E-state index in [-0.39, 0.29) is 29.7 Å². The molecule has 1 saturated carbocycles. The molecule has 3 aromatic heterocycles. The van der Waals surface area contributed by atoms with Crippen LogP contribution in [0.3, 0.4) is 0 Å². The maximum absolute atomic E-state index is 13.4. The molecular weight excluding hydrogens is 475 g/mol. The molecule has 2 atom stereocenters. The Labute approximate surface area is 213 Å². The Hall–Kier alpha value is -4.05. The monoisotopic (exact) mass is 502 g/mol. The minimum Gasteiger partial charge on any atom is -0.474 e. The summed E-state index contributed by atoms with van der Waals surface area (Å²) in [7, 11) is 1.73. The van der Waals surface area contributed by atoms with Gasteiger partial charge < -0.3 is 19.8 Å². The van der Waals surface area contributed by atoms with Crippen LogP contribution in [-0.2, 0) is 12.6 Å². The zero-order chi connectivity index (χ0) is 25.9. The molecule has 1 aromatic carbocycles. The second-order valence-electron chi connectivity index (χ2n) is 10.3. The summed E-state index contributed by atoms with van der Waals surface area (Å²) in [6, 6.07) is 11.8. The van der Waals surface area contributed by atoms with Crippen LogP contribution in [0.4, 0.5) is 4.39 Å². The van der Waals surface area contributed by atoms with Crippen molar-refractivity contribution < 1.29 is 18.3 Å². The number of hydrogen-bond acceptors (Lipinski definition) is 7. The van der Waals surface area contributed by atoms with Crippen LogP contribution < -0.4 is 10.5 Å². The van der Waals surface area contributed by atoms with Crippen LogP contribution in [0.1, 0.15) is 30.0 Å². The number of carbonyl (C=O) groups excluding carboxylic acids is 1. The number of nitrogens with two attached hydrogens (primary N) is 1. The van der Waals surface area contributed by atoms with Gasteiger partial charge in [0.05, 0.1) is 17.4 Å². The van der Waals surface area contributed by atoms with E-state index in [1.807, 2.05) is 30.9 Å². The van der Waals surface area contributed by atoms with Gasteiger partial charge in [-0.05, 0) is 43.2 Å². The number of pyridine rings is 1. The number of aromatic nitrogens is 4. The van der Waals surface area contributed by atoms with Crippen molar-refractivity contribution >= 4 is 5.91 Å². The first kappa shape index (κ1) is 23.4. The van der Waals surface area contributed by atoms with Crippen LogP contribution in [0.25, 0.3) is 22.7 Å². The van der Waals surface area contributed by atoms with E-state index in [4.69, 9.17) is 14.9 Å². The molecule has 2 unspecified atom stereocenters. The number of hydrogen-bond donors (Lipinski definition) is 1. The van der Waals surface area contributed by atoms with Gasteiger partial charge in [-0.15, -0.1) is 0 Å². The molecule has 1 aliphatic heterocycles. The zero-order valence-corrected chi connectivity index (χ0v) is 20.8. The Morgan fingerprint density at radius 1 is 1.14 bits per heavy atom. The summed E-state index contributed by atoms with van der Waals surface area (Å²) in [6.07, 6.45) is 2.99. The van der Waals surface area contributed by atoms with E-state index in [0.29, 0.717) is 41.9 Å². The van der Waals surface area contributed by atoms with Crippen LogP contribution >= 0.6 is 0 Å². The van der Waals surface area contributed by atoms with E-state index in [1.54, 1.807) is 36.1 Å². The molecule has 4 heterocycles. The standard InChI is InChI=1S/C27H27FN6O3/c1-27(2,29)22-10-16(15-4-6-17(28)7-5-15)11-23(31-22)37-24-18-13-34(14-19(18)24)26(35)21-12-20(32-33(21)3)25-30-8-9-36-25/h4-12,18-19,24H,13-14,29H2,1-3H3. The fourth-order valence-electron chi connectivity index (χ4n) is 4.94. The maximum Gasteiger partial charge on any atom is 0.272 e. The fourth-order valence-corrected chi connectivity index (χ4v) is 4.94. The van der Waals surface area contributed by atoms with Crippen LogP contribution in [0.15, 0.2) is 59.3 Å². The zero-order valence-electron chi connectivity index (χ0n) is 20.8. The van der Waals surface area contributed by atoms with Crippen LogP contribution in [0.2, 0.25) is 0 Å². The van der Waals surface area contributed by atoms with E-state index in [2.05, 4.69) is 15.1 Å². The third kappa shape index (κ3) is 4.37. The topological polar surface area (TPSA) is 112 Å². The Morgan fingerprint density at radius 3 is 2.51 bits per heavy atom. The molecule has 190 valence electrons. The Morgan fingerprint density at radius 2 is 1.86 bits per heavy atom. The van der Waals surface area contributed by atoms with Crippen molar-refractivity contribution in [2.45, 2.75) is 25.5 Å². The van der Waals surface area contributed by atoms with E-state index in [0.717, 1.165) is 11.1 Å². The van der Waals surface area contributed by atoms with Crippen molar-refractivity contribution in [1.82, 2.24) is 24.6 Å². The number of nitrogens with zero attached hydrogens (tertiary/aromatic N) is 5. The lowest BCUT2D eigenvalue weighted by molar-refractivity contribution is 0.0740. The van der Waals surface area contributed by atoms with Gasteiger partial charge in [0.25, 0.3) is 5.91 Å². The lowest BCUT2D eigenvalue weighted by Gasteiger charge is -2.22. The lowest BCUT2D eigenvalue weighted by atomic mass is 9.97. The van der Waals surface area contributed by atoms with Crippen molar-refractivity contribution in [2.75, 3.05) is 13.1 Å². The van der Waals surface area contributed by atoms with Crippen molar-refractivity contribution in [3.63, 3.8) is 0 Å². The molecule has 0 spiro atoms. The predicted molar refractivity (Wildman–Crippen MR) is 133 cm³/mol. The number of benzene rings is 1. The number of rotatable bonds is 6. The van der Waals surface area contributed by atoms with Gasteiger partial charge in [-0.1, -0.05) is 12.1 Å². The van der Waals surface area contributed by atoms with Crippen LogP contribution in [0.5, 0.6) is 5.88 Å². The Bertz CT molecular complexity index is 1450. The average molecular weight is 503 g/mol. The predicted octanol–water partition coefficient (Wildman–Crippen LogP) is 3.62. The van der Waals surface area contributed by atoms with Gasteiger partial charge >= 0.3 is 0 Å². The highest BCUT2D eigenvalue weighted by Crippen LogP contribution is 2.48. The van der Waals surface area contributed by atoms with E-state index >= 15 is 0 Å². The molecule has 2 N–H and O–H groups in total. The van der Waals surface area contributed by atoms with E-state index in [1.165, 1.54) is 18.4 Å². The summed E-state index contributed by atoms with van der Waals surface area (Å²) < 4.78 is 26.6. The minimum atomic E-state index is -0.677. The van der Waals surface area contributed by atoms with Gasteiger partial charge in [0.2, 0.25) is 11.8 Å². The number of amides is 1. The molecule has 0 bridgehead atoms. The summed E-state index contributed by atoms with van der Waals surface area (Å²) in [6.45, 7) is 4.96. The first-order valence-electron chi connectivity index (χ1n) is 12.1. The van der Waals surface area contributed by atoms with Crippen LogP contribution in [-0.4, -0.2) is 49.7 Å². The Kier molecular flexibility index (Phi) is 5.38. The number of carbonyl (C=O) groups is 1. The third-order valence-electron chi connectivity index (χ3n) is 7.05. The highest BCUT2D eigenvalue weighted by molar-refractivity contribution is 5.93. The summed E-state index contributed by atoms with van der Waals surface area (Å²) in [5.41, 5.74) is 9.07. The number of fused-ring (bicyclic) bond motifs is 1. The molecular formula is C27H27FN6O3. The number of aryl methyl sites for hydroxylation is 1. The SMILES string of the molecule is Cn1nc(-c2ncco2)cc1C(=O)N1CC2C(C1)C2Oc1cc(-c2ccc(F)cc2)cc(C(C)(C)N)n1. The first-order valence-corrected chi connectivity index (χ1v) is 12.1. The number of ether oxygens (including phenoxy) is 1. The maximum atomic E-state index is 13.4. The molecule has 6 rings (SSSR count). The highest BCUT2D eigenvalue weighted by Gasteiger charge is 2.59. The number of halogens is 1. The number of oxazole rings is 1. The van der Waals surface area contributed by atoms with Gasteiger partial charge in [-0.3, -0.25) is 9.48 Å². The number of piperidine rings is 1. The van der Waals surface area contributed by atoms with Gasteiger partial charge in [-0.2, -0.15) is 5.10 Å². The van der Waals surface area contributed by atoms with Gasteiger partial charge in [-0.25, -0.2) is 14.4 Å². The molecule has 4 aromatic rings. The largest absolute Gasteiger partial charge is 0.474 e. The first-order chi connectivity index (χ1) is 17.7. The molecule has 0 radical (unpaired) electrons. The van der Waals surface area contributed by atoms with Crippen molar-refractivity contribution in [3.8, 4) is 28.6 Å². The molecule has 1 aliphatic carbocycles. The second-order valence-corrected chi connectivity index (χ2v) is 10.3.